The van der Waals surface area contributed by atoms with Crippen LogP contribution in [-0.4, -0.2) is 41.2 Å². The molecule has 1 saturated heterocycles. The smallest absolute Gasteiger partial charge is 0.222 e. The van der Waals surface area contributed by atoms with Crippen molar-refractivity contribution < 1.29 is 4.79 Å². The van der Waals surface area contributed by atoms with Crippen LogP contribution in [0.25, 0.3) is 0 Å². The lowest BCUT2D eigenvalue weighted by Crippen LogP contribution is -2.28. The van der Waals surface area contributed by atoms with E-state index in [1.165, 1.54) is 0 Å². The molecule has 1 amide bonds. The first-order valence-electron chi connectivity index (χ1n) is 4.77. The first kappa shape index (κ1) is 9.06. The molecule has 3 nitrogen and oxygen atoms in total. The zero-order valence-corrected chi connectivity index (χ0v) is 8.42. The van der Waals surface area contributed by atoms with Crippen LogP contribution in [0.1, 0.15) is 19.3 Å². The number of rotatable bonds is 3. The number of aliphatic imine (C=N–C) groups is 1. The van der Waals surface area contributed by atoms with Gasteiger partial charge in [0, 0.05) is 25.3 Å². The van der Waals surface area contributed by atoms with E-state index in [9.17, 15) is 4.79 Å². The van der Waals surface area contributed by atoms with Gasteiger partial charge in [-0.2, -0.15) is 0 Å². The zero-order chi connectivity index (χ0) is 9.10. The van der Waals surface area contributed by atoms with Crippen molar-refractivity contribution in [3.05, 3.63) is 0 Å². The summed E-state index contributed by atoms with van der Waals surface area (Å²) in [4.78, 5) is 17.6. The minimum Gasteiger partial charge on any atom is -0.343 e. The Morgan fingerprint density at radius 1 is 1.69 bits per heavy atom. The van der Waals surface area contributed by atoms with E-state index in [0.717, 1.165) is 38.1 Å². The second kappa shape index (κ2) is 4.13. The Morgan fingerprint density at radius 3 is 3.23 bits per heavy atom. The summed E-state index contributed by atoms with van der Waals surface area (Å²) in [7, 11) is 0. The Kier molecular flexibility index (Phi) is 2.88. The van der Waals surface area contributed by atoms with Crippen LogP contribution < -0.4 is 0 Å². The summed E-state index contributed by atoms with van der Waals surface area (Å²) in [6, 6.07) is 0.457. The second-order valence-corrected chi connectivity index (χ2v) is 4.39. The highest BCUT2D eigenvalue weighted by molar-refractivity contribution is 8.12. The molecule has 13 heavy (non-hydrogen) atoms. The van der Waals surface area contributed by atoms with Gasteiger partial charge in [0.1, 0.15) is 0 Å². The minimum absolute atomic E-state index is 0.328. The van der Waals surface area contributed by atoms with Crippen molar-refractivity contribution in [3.8, 4) is 0 Å². The second-order valence-electron chi connectivity index (χ2n) is 3.51. The molecule has 1 fully saturated rings. The highest BCUT2D eigenvalue weighted by atomic mass is 32.2. The van der Waals surface area contributed by atoms with E-state index in [2.05, 4.69) is 4.99 Å². The number of thioether (sulfide) groups is 1. The molecule has 0 N–H and O–H groups in total. The van der Waals surface area contributed by atoms with Gasteiger partial charge in [-0.1, -0.05) is 0 Å². The Balaban J connectivity index is 1.72. The van der Waals surface area contributed by atoms with Gasteiger partial charge in [0.15, 0.2) is 0 Å². The molecule has 2 heterocycles. The molecule has 0 radical (unpaired) electrons. The van der Waals surface area contributed by atoms with Crippen LogP contribution in [0.2, 0.25) is 0 Å². The standard InChI is InChI=1S/C9H14N2OS/c12-9-2-1-4-11(9)5-3-8-6-13-7-10-8/h7-8H,1-6H2/t8-/m1/s1. The van der Waals surface area contributed by atoms with Crippen LogP contribution in [0.5, 0.6) is 0 Å². The van der Waals surface area contributed by atoms with Crippen LogP contribution >= 0.6 is 11.8 Å². The van der Waals surface area contributed by atoms with Gasteiger partial charge < -0.3 is 4.90 Å². The first-order chi connectivity index (χ1) is 6.36. The van der Waals surface area contributed by atoms with Gasteiger partial charge in [0.25, 0.3) is 0 Å². The van der Waals surface area contributed by atoms with Gasteiger partial charge in [-0.05, 0) is 12.8 Å². The van der Waals surface area contributed by atoms with Crippen LogP contribution in [0.3, 0.4) is 0 Å². The predicted octanol–water partition coefficient (Wildman–Crippen LogP) is 1.14. The third-order valence-corrected chi connectivity index (χ3v) is 3.39. The van der Waals surface area contributed by atoms with E-state index < -0.39 is 0 Å². The molecule has 2 aliphatic rings. The molecule has 2 aliphatic heterocycles. The molecular formula is C9H14N2OS. The SMILES string of the molecule is O=C1CCCN1CC[C@@H]1CSC=N1. The maximum atomic E-state index is 11.3. The summed E-state index contributed by atoms with van der Waals surface area (Å²) < 4.78 is 0. The molecular weight excluding hydrogens is 184 g/mol. The lowest BCUT2D eigenvalue weighted by molar-refractivity contribution is -0.127. The van der Waals surface area contributed by atoms with Gasteiger partial charge in [0.05, 0.1) is 11.6 Å². The van der Waals surface area contributed by atoms with Crippen molar-refractivity contribution in [2.24, 2.45) is 4.99 Å². The number of nitrogens with zero attached hydrogens (tertiary/aromatic N) is 2. The van der Waals surface area contributed by atoms with E-state index >= 15 is 0 Å². The zero-order valence-electron chi connectivity index (χ0n) is 7.61. The van der Waals surface area contributed by atoms with Gasteiger partial charge >= 0.3 is 0 Å². The maximum absolute atomic E-state index is 11.3. The summed E-state index contributed by atoms with van der Waals surface area (Å²) >= 11 is 1.77. The molecule has 0 aliphatic carbocycles. The molecule has 0 aromatic carbocycles. The fraction of sp³-hybridized carbons (Fsp3) is 0.778. The van der Waals surface area contributed by atoms with Crippen molar-refractivity contribution in [2.45, 2.75) is 25.3 Å². The Hall–Kier alpha value is -0.510. The van der Waals surface area contributed by atoms with E-state index in [-0.39, 0.29) is 0 Å². The maximum Gasteiger partial charge on any atom is 0.222 e. The van der Waals surface area contributed by atoms with Crippen molar-refractivity contribution in [1.29, 1.82) is 0 Å². The summed E-state index contributed by atoms with van der Waals surface area (Å²) in [5.41, 5.74) is 1.93. The lowest BCUT2D eigenvalue weighted by atomic mass is 10.2. The average molecular weight is 198 g/mol. The number of hydrogen-bond donors (Lipinski definition) is 0. The first-order valence-corrected chi connectivity index (χ1v) is 5.82. The number of hydrogen-bond acceptors (Lipinski definition) is 3. The Labute approximate surface area is 82.6 Å². The van der Waals surface area contributed by atoms with Crippen LogP contribution in [-0.2, 0) is 4.79 Å². The van der Waals surface area contributed by atoms with Crippen molar-refractivity contribution >= 4 is 23.2 Å². The third kappa shape index (κ3) is 2.24. The Morgan fingerprint density at radius 2 is 2.62 bits per heavy atom. The Bertz CT molecular complexity index is 230. The van der Waals surface area contributed by atoms with E-state index in [1.54, 1.807) is 11.8 Å². The highest BCUT2D eigenvalue weighted by Gasteiger charge is 2.21. The summed E-state index contributed by atoms with van der Waals surface area (Å²) in [6.07, 6.45) is 2.83. The van der Waals surface area contributed by atoms with Crippen LogP contribution in [0.15, 0.2) is 4.99 Å². The fourth-order valence-corrected chi connectivity index (χ4v) is 2.55. The molecule has 0 aromatic heterocycles. The fourth-order valence-electron chi connectivity index (χ4n) is 1.73. The summed E-state index contributed by atoms with van der Waals surface area (Å²) in [5.74, 6) is 1.43. The molecule has 0 saturated carbocycles. The number of likely N-dealkylation sites (tertiary alicyclic amines) is 1. The van der Waals surface area contributed by atoms with Gasteiger partial charge in [-0.3, -0.25) is 9.79 Å². The molecule has 0 aromatic rings. The summed E-state index contributed by atoms with van der Waals surface area (Å²) in [6.45, 7) is 1.86. The molecule has 72 valence electrons. The topological polar surface area (TPSA) is 32.7 Å². The highest BCUT2D eigenvalue weighted by Crippen LogP contribution is 2.16. The van der Waals surface area contributed by atoms with Crippen LogP contribution in [0, 0.1) is 0 Å². The minimum atomic E-state index is 0.328. The van der Waals surface area contributed by atoms with Crippen molar-refractivity contribution in [3.63, 3.8) is 0 Å². The van der Waals surface area contributed by atoms with Gasteiger partial charge in [-0.15, -0.1) is 11.8 Å². The molecule has 4 heteroatoms. The molecule has 1 atom stereocenters. The van der Waals surface area contributed by atoms with E-state index in [0.29, 0.717) is 11.9 Å². The number of carbonyl (C=O) groups is 1. The van der Waals surface area contributed by atoms with Gasteiger partial charge in [0.2, 0.25) is 5.91 Å². The van der Waals surface area contributed by atoms with Crippen molar-refractivity contribution in [2.75, 3.05) is 18.8 Å². The average Bonchev–Trinajstić information content (AvgIpc) is 2.72. The van der Waals surface area contributed by atoms with E-state index in [4.69, 9.17) is 0 Å². The molecule has 0 spiro atoms. The number of carbonyl (C=O) groups excluding carboxylic acids is 1. The molecule has 0 bridgehead atoms. The van der Waals surface area contributed by atoms with Gasteiger partial charge in [-0.25, -0.2) is 0 Å². The molecule has 0 unspecified atom stereocenters. The number of amides is 1. The monoisotopic (exact) mass is 198 g/mol. The molecule has 2 rings (SSSR count). The third-order valence-electron chi connectivity index (χ3n) is 2.54. The summed E-state index contributed by atoms with van der Waals surface area (Å²) in [5, 5.41) is 0. The predicted molar refractivity (Wildman–Crippen MR) is 55.2 cm³/mol. The van der Waals surface area contributed by atoms with Crippen LogP contribution in [0.4, 0.5) is 0 Å². The van der Waals surface area contributed by atoms with Crippen molar-refractivity contribution in [1.82, 2.24) is 4.90 Å². The van der Waals surface area contributed by atoms with E-state index in [1.807, 2.05) is 10.4 Å². The normalized spacial score (nSPS) is 27.5. The lowest BCUT2D eigenvalue weighted by Gasteiger charge is -2.16. The quantitative estimate of drug-likeness (QED) is 0.681. The largest absolute Gasteiger partial charge is 0.343 e.